The largest absolute Gasteiger partial charge is 0.464 e. The molecule has 168 valence electrons. The van der Waals surface area contributed by atoms with Gasteiger partial charge >= 0.3 is 0 Å². The molecule has 0 saturated carbocycles. The summed E-state index contributed by atoms with van der Waals surface area (Å²) >= 11 is 0. The van der Waals surface area contributed by atoms with Crippen molar-refractivity contribution in [1.82, 2.24) is 0 Å². The molecular formula is C34H20O2. The molecule has 36 heavy (non-hydrogen) atoms. The van der Waals surface area contributed by atoms with Crippen molar-refractivity contribution in [2.75, 3.05) is 0 Å². The van der Waals surface area contributed by atoms with Crippen LogP contribution in [0.4, 0.5) is 0 Å². The molecule has 6 aromatic carbocycles. The zero-order valence-corrected chi connectivity index (χ0v) is 17.8. The maximum absolute atomic E-state index is 9.57. The second-order valence-electron chi connectivity index (χ2n) is 7.79. The highest BCUT2D eigenvalue weighted by Gasteiger charge is 2.18. The zero-order valence-electron chi connectivity index (χ0n) is 37.8. The van der Waals surface area contributed by atoms with Crippen molar-refractivity contribution in [3.05, 3.63) is 121 Å². The molecule has 0 radical (unpaired) electrons. The van der Waals surface area contributed by atoms with Crippen LogP contribution in [0.5, 0.6) is 0 Å². The minimum absolute atomic E-state index is 0.261. The number of fused-ring (bicyclic) bond motifs is 6. The van der Waals surface area contributed by atoms with E-state index in [2.05, 4.69) is 0 Å². The average molecular weight is 481 g/mol. The Morgan fingerprint density at radius 1 is 0.444 bits per heavy atom. The van der Waals surface area contributed by atoms with E-state index in [4.69, 9.17) is 33.5 Å². The maximum Gasteiger partial charge on any atom is 0.136 e. The summed E-state index contributed by atoms with van der Waals surface area (Å²) in [5, 5.41) is -3.26. The molecule has 0 atom stereocenters. The van der Waals surface area contributed by atoms with Crippen molar-refractivity contribution in [1.29, 1.82) is 0 Å². The minimum Gasteiger partial charge on any atom is -0.464 e. The Morgan fingerprint density at radius 3 is 1.75 bits per heavy atom. The summed E-state index contributed by atoms with van der Waals surface area (Å²) in [7, 11) is 0. The van der Waals surface area contributed by atoms with Gasteiger partial charge in [0.2, 0.25) is 0 Å². The van der Waals surface area contributed by atoms with Crippen LogP contribution in [0.2, 0.25) is 0 Å². The minimum atomic E-state index is -0.875. The Bertz CT molecular complexity index is 3090. The predicted octanol–water partition coefficient (Wildman–Crippen LogP) is 9.97. The van der Waals surface area contributed by atoms with E-state index >= 15 is 0 Å². The molecule has 0 aliphatic rings. The second-order valence-corrected chi connectivity index (χ2v) is 7.79. The van der Waals surface area contributed by atoms with E-state index in [1.54, 1.807) is 0 Å². The fraction of sp³-hybridized carbons (Fsp3) is 0. The summed E-state index contributed by atoms with van der Waals surface area (Å²) in [5.74, 6) is 0. The summed E-state index contributed by atoms with van der Waals surface area (Å²) < 4.78 is 186. The SMILES string of the molecule is [2H]c1oc2c([2H])c3c(oc4c([2H])c([2H])c(-c5c6c([2H])c([2H])c([2H])c([2H])c6c(-c6c([2H])c([2H])c([2H])c([2H])c6[2H])c6c([2H])c([2H])c([2H])c([2H])c56)c([2H])c43)c([2H])c2c1[2H]. The monoisotopic (exact) mass is 480 g/mol. The predicted molar refractivity (Wildman–Crippen MR) is 149 cm³/mol. The van der Waals surface area contributed by atoms with E-state index in [9.17, 15) is 2.74 Å². The molecule has 0 aliphatic heterocycles. The van der Waals surface area contributed by atoms with Gasteiger partial charge < -0.3 is 8.83 Å². The Kier molecular flexibility index (Phi) is 1.71. The molecule has 0 saturated heterocycles. The zero-order chi connectivity index (χ0) is 41.0. The first-order valence-electron chi connectivity index (χ1n) is 20.6. The van der Waals surface area contributed by atoms with Crippen molar-refractivity contribution >= 4 is 54.5 Å². The molecule has 2 heterocycles. The van der Waals surface area contributed by atoms with E-state index < -0.39 is 176 Å². The molecule has 0 aliphatic carbocycles. The van der Waals surface area contributed by atoms with Crippen LogP contribution in [0, 0.1) is 0 Å². The third-order valence-electron chi connectivity index (χ3n) is 5.87. The van der Waals surface area contributed by atoms with Gasteiger partial charge in [0.15, 0.2) is 0 Å². The molecule has 0 unspecified atom stereocenters. The molecule has 2 heteroatoms. The third-order valence-corrected chi connectivity index (χ3v) is 5.87. The molecule has 0 amide bonds. The Balaban J connectivity index is 1.74. The van der Waals surface area contributed by atoms with Gasteiger partial charge in [0.25, 0.3) is 0 Å². The smallest absolute Gasteiger partial charge is 0.136 e. The van der Waals surface area contributed by atoms with E-state index in [0.717, 1.165) is 0 Å². The maximum atomic E-state index is 9.57. The molecule has 8 rings (SSSR count). The molecule has 2 nitrogen and oxygen atoms in total. The first-order valence-corrected chi connectivity index (χ1v) is 10.6. The highest BCUT2D eigenvalue weighted by molar-refractivity contribution is 6.22. The second kappa shape index (κ2) is 7.34. The number of benzene rings is 6. The lowest BCUT2D eigenvalue weighted by Gasteiger charge is -2.17. The van der Waals surface area contributed by atoms with E-state index in [0.29, 0.717) is 0 Å². The molecular weight excluding hydrogens is 440 g/mol. The van der Waals surface area contributed by atoms with E-state index in [1.807, 2.05) is 0 Å². The average Bonchev–Trinajstić information content (AvgIpc) is 3.72. The number of rotatable bonds is 2. The van der Waals surface area contributed by atoms with Crippen molar-refractivity contribution in [2.24, 2.45) is 0 Å². The summed E-state index contributed by atoms with van der Waals surface area (Å²) in [4.78, 5) is 0. The van der Waals surface area contributed by atoms with Crippen molar-refractivity contribution in [3.8, 4) is 22.3 Å². The lowest BCUT2D eigenvalue weighted by molar-refractivity contribution is 0.616. The summed E-state index contributed by atoms with van der Waals surface area (Å²) in [6.45, 7) is 0. The molecule has 0 N–H and O–H groups in total. The summed E-state index contributed by atoms with van der Waals surface area (Å²) in [6.07, 6.45) is -0.666. The first-order chi connectivity index (χ1) is 26.2. The van der Waals surface area contributed by atoms with Crippen LogP contribution in [0.3, 0.4) is 0 Å². The molecule has 0 bridgehead atoms. The third kappa shape index (κ3) is 2.73. The van der Waals surface area contributed by atoms with Gasteiger partial charge in [0, 0.05) is 16.2 Å². The highest BCUT2D eigenvalue weighted by Crippen LogP contribution is 2.44. The normalized spacial score (nSPS) is 19.7. The van der Waals surface area contributed by atoms with Crippen molar-refractivity contribution < 1.29 is 36.2 Å². The van der Waals surface area contributed by atoms with E-state index in [1.165, 1.54) is 0 Å². The number of furan rings is 2. The standard InChI is InChI=1S/C34H20O2/c1-2-8-21(9-3-1)33-24-10-4-6-12-26(24)34(27-13-7-5-11-25(27)33)23-14-15-30-28(18-23)29-20-31-22(16-17-35-31)19-32(29)36-30/h1-20H/i1D,2D,3D,4D,5D,6D,7D,8D,9D,10D,11D,12D,13D,14D,15D,16D,17D,18D,19D,20D. The molecule has 0 fully saturated rings. The highest BCUT2D eigenvalue weighted by atomic mass is 16.3. The van der Waals surface area contributed by atoms with E-state index in [-0.39, 0.29) is 21.7 Å². The topological polar surface area (TPSA) is 26.3 Å². The van der Waals surface area contributed by atoms with Gasteiger partial charge in [0.05, 0.1) is 32.3 Å². The molecule has 2 aromatic heterocycles. The lowest BCUT2D eigenvalue weighted by atomic mass is 9.86. The van der Waals surface area contributed by atoms with Gasteiger partial charge in [-0.15, -0.1) is 0 Å². The van der Waals surface area contributed by atoms with Gasteiger partial charge in [-0.2, -0.15) is 0 Å². The number of hydrogen-bond donors (Lipinski definition) is 0. The van der Waals surface area contributed by atoms with Gasteiger partial charge in [-0.1, -0.05) is 84.6 Å². The van der Waals surface area contributed by atoms with Gasteiger partial charge in [0.1, 0.15) is 18.1 Å². The fourth-order valence-corrected chi connectivity index (χ4v) is 4.38. The Hall–Kier alpha value is -4.82. The van der Waals surface area contributed by atoms with Gasteiger partial charge in [-0.3, -0.25) is 0 Å². The van der Waals surface area contributed by atoms with Crippen LogP contribution in [-0.2, 0) is 0 Å². The van der Waals surface area contributed by atoms with Gasteiger partial charge in [-0.25, -0.2) is 0 Å². The Labute approximate surface area is 235 Å². The van der Waals surface area contributed by atoms with Crippen LogP contribution in [0.15, 0.2) is 130 Å². The number of hydrogen-bond acceptors (Lipinski definition) is 2. The molecule has 8 aromatic rings. The summed E-state index contributed by atoms with van der Waals surface area (Å²) in [5.41, 5.74) is -3.68. The van der Waals surface area contributed by atoms with Crippen LogP contribution in [0.1, 0.15) is 27.4 Å². The quantitative estimate of drug-likeness (QED) is 0.230. The summed E-state index contributed by atoms with van der Waals surface area (Å²) in [6, 6.07) is -15.1. The van der Waals surface area contributed by atoms with Crippen LogP contribution in [0.25, 0.3) is 76.7 Å². The van der Waals surface area contributed by atoms with Crippen molar-refractivity contribution in [2.45, 2.75) is 0 Å². The van der Waals surface area contributed by atoms with Crippen LogP contribution in [-0.4, -0.2) is 0 Å². The van der Waals surface area contributed by atoms with Crippen molar-refractivity contribution in [3.63, 3.8) is 0 Å². The fourth-order valence-electron chi connectivity index (χ4n) is 4.38. The Morgan fingerprint density at radius 2 is 1.06 bits per heavy atom. The lowest BCUT2D eigenvalue weighted by Crippen LogP contribution is -1.90. The van der Waals surface area contributed by atoms with Crippen LogP contribution < -0.4 is 0 Å². The first kappa shape index (κ1) is 8.39. The van der Waals surface area contributed by atoms with Crippen LogP contribution >= 0.6 is 0 Å². The molecule has 0 spiro atoms. The van der Waals surface area contributed by atoms with Gasteiger partial charge in [-0.05, 0) is 74.0 Å².